The molecule has 0 saturated heterocycles. The maximum atomic E-state index is 4.12. The van der Waals surface area contributed by atoms with Gasteiger partial charge in [0.1, 0.15) is 0 Å². The zero-order chi connectivity index (χ0) is 37.2. The van der Waals surface area contributed by atoms with E-state index in [-0.39, 0.29) is 21.7 Å². The number of hydrogen-bond acceptors (Lipinski definition) is 0. The molecule has 0 radical (unpaired) electrons. The summed E-state index contributed by atoms with van der Waals surface area (Å²) in [7, 11) is 0. The standard InChI is InChI=1S/C44H64Br4N4/c1-41(25-9-5-13-29-45)33-17-19-35(49-33)42(2,26-10-6-14-30-46)37-21-23-39(51-37)44(4,28-12-8-16-32-48)40-24-22-38(52-40)43(3,27-11-7-15-31-47)36-20-18-34(41)50-36/h17-24,49-52H,5-16,25-32H2,1-4H3. The van der Waals surface area contributed by atoms with Crippen molar-refractivity contribution in [3.05, 3.63) is 94.1 Å². The van der Waals surface area contributed by atoms with Gasteiger partial charge in [-0.2, -0.15) is 0 Å². The molecule has 0 saturated carbocycles. The van der Waals surface area contributed by atoms with Gasteiger partial charge in [0, 0.05) is 88.5 Å². The van der Waals surface area contributed by atoms with Gasteiger partial charge in [-0.3, -0.25) is 0 Å². The minimum atomic E-state index is -0.164. The van der Waals surface area contributed by atoms with Crippen LogP contribution < -0.4 is 0 Å². The molecule has 0 amide bonds. The predicted octanol–water partition coefficient (Wildman–Crippen LogP) is 14.4. The van der Waals surface area contributed by atoms with Gasteiger partial charge >= 0.3 is 0 Å². The quantitative estimate of drug-likeness (QED) is 0.0504. The third kappa shape index (κ3) is 9.18. The summed E-state index contributed by atoms with van der Waals surface area (Å²) >= 11 is 14.7. The number of halogens is 4. The Hall–Kier alpha value is -0.960. The summed E-state index contributed by atoms with van der Waals surface area (Å²) in [4.78, 5) is 16.5. The molecule has 1 aliphatic heterocycles. The van der Waals surface area contributed by atoms with Crippen molar-refractivity contribution in [1.29, 1.82) is 0 Å². The number of rotatable bonds is 20. The van der Waals surface area contributed by atoms with Crippen LogP contribution >= 0.6 is 63.7 Å². The second-order valence-corrected chi connectivity index (χ2v) is 19.6. The van der Waals surface area contributed by atoms with Crippen molar-refractivity contribution < 1.29 is 0 Å². The fourth-order valence-corrected chi connectivity index (χ4v) is 10.4. The highest BCUT2D eigenvalue weighted by Crippen LogP contribution is 2.46. The van der Waals surface area contributed by atoms with Crippen LogP contribution in [0.4, 0.5) is 0 Å². The molecule has 0 unspecified atom stereocenters. The lowest BCUT2D eigenvalue weighted by Crippen LogP contribution is -2.30. The highest BCUT2D eigenvalue weighted by molar-refractivity contribution is 9.09. The number of unbranched alkanes of at least 4 members (excludes halogenated alkanes) is 8. The third-order valence-corrected chi connectivity index (χ3v) is 15.0. The van der Waals surface area contributed by atoms with E-state index in [1.807, 2.05) is 0 Å². The molecule has 8 bridgehead atoms. The molecule has 1 aliphatic rings. The molecular formula is C44H64Br4N4. The Labute approximate surface area is 348 Å². The van der Waals surface area contributed by atoms with Gasteiger partial charge in [-0.25, -0.2) is 0 Å². The van der Waals surface area contributed by atoms with E-state index >= 15 is 0 Å². The first-order valence-electron chi connectivity index (χ1n) is 20.1. The zero-order valence-corrected chi connectivity index (χ0v) is 38.6. The van der Waals surface area contributed by atoms with Gasteiger partial charge in [0.25, 0.3) is 0 Å². The van der Waals surface area contributed by atoms with E-state index in [1.54, 1.807) is 0 Å². The Morgan fingerprint density at radius 2 is 0.481 bits per heavy atom. The Balaban J connectivity index is 1.70. The van der Waals surface area contributed by atoms with E-state index in [9.17, 15) is 0 Å². The van der Waals surface area contributed by atoms with E-state index < -0.39 is 0 Å². The van der Waals surface area contributed by atoms with E-state index in [0.717, 1.165) is 47.0 Å². The molecule has 4 aromatic rings. The van der Waals surface area contributed by atoms with Crippen LogP contribution in [0.1, 0.15) is 176 Å². The number of aromatic nitrogens is 4. The van der Waals surface area contributed by atoms with E-state index in [1.165, 1.54) is 123 Å². The highest BCUT2D eigenvalue weighted by Gasteiger charge is 2.41. The van der Waals surface area contributed by atoms with Crippen molar-refractivity contribution >= 4 is 63.7 Å². The van der Waals surface area contributed by atoms with E-state index in [4.69, 9.17) is 0 Å². The van der Waals surface area contributed by atoms with Gasteiger partial charge in [-0.05, 0) is 128 Å². The van der Waals surface area contributed by atoms with Crippen LogP contribution in [0.2, 0.25) is 0 Å². The maximum Gasteiger partial charge on any atom is 0.0475 e. The molecule has 0 aromatic carbocycles. The van der Waals surface area contributed by atoms with E-state index in [0.29, 0.717) is 0 Å². The van der Waals surface area contributed by atoms with Crippen LogP contribution in [0.15, 0.2) is 48.5 Å². The molecule has 0 atom stereocenters. The van der Waals surface area contributed by atoms with Gasteiger partial charge in [0.15, 0.2) is 0 Å². The fourth-order valence-electron chi connectivity index (χ4n) is 8.81. The Bertz CT molecular complexity index is 1330. The molecule has 0 aliphatic carbocycles. The second-order valence-electron chi connectivity index (χ2n) is 16.5. The van der Waals surface area contributed by atoms with Gasteiger partial charge in [-0.1, -0.05) is 115 Å². The zero-order valence-electron chi connectivity index (χ0n) is 32.3. The SMILES string of the molecule is CC1(CCCCCBr)c2ccc([nH]2)C(C)(CCCCCBr)c2ccc([nH]2)C(C)(CCCCCBr)c2ccc([nH]2)C(C)(CCCCCBr)c2ccc1[nH]2. The van der Waals surface area contributed by atoms with Gasteiger partial charge in [-0.15, -0.1) is 0 Å². The molecule has 0 fully saturated rings. The van der Waals surface area contributed by atoms with Crippen molar-refractivity contribution in [2.45, 2.75) is 152 Å². The highest BCUT2D eigenvalue weighted by atomic mass is 79.9. The lowest BCUT2D eigenvalue weighted by atomic mass is 9.78. The minimum Gasteiger partial charge on any atom is -0.361 e. The number of fused-ring (bicyclic) bond motifs is 8. The number of alkyl halides is 4. The first-order valence-corrected chi connectivity index (χ1v) is 24.6. The molecule has 288 valence electrons. The van der Waals surface area contributed by atoms with E-state index in [2.05, 4.69) is 160 Å². The van der Waals surface area contributed by atoms with Gasteiger partial charge in [0.05, 0.1) is 0 Å². The van der Waals surface area contributed by atoms with Gasteiger partial charge < -0.3 is 19.9 Å². The third-order valence-electron chi connectivity index (χ3n) is 12.7. The number of nitrogens with one attached hydrogen (secondary N) is 4. The van der Waals surface area contributed by atoms with Crippen molar-refractivity contribution in [1.82, 2.24) is 19.9 Å². The first kappa shape index (κ1) is 42.2. The van der Waals surface area contributed by atoms with Crippen molar-refractivity contribution in [3.8, 4) is 0 Å². The molecule has 0 spiro atoms. The average Bonchev–Trinajstić information content (AvgIpc) is 3.98. The summed E-state index contributed by atoms with van der Waals surface area (Å²) in [6.45, 7) is 9.88. The summed E-state index contributed by atoms with van der Waals surface area (Å²) in [5.41, 5.74) is 9.89. The number of aromatic amines is 4. The van der Waals surface area contributed by atoms with Crippen LogP contribution in [0.25, 0.3) is 0 Å². The summed E-state index contributed by atoms with van der Waals surface area (Å²) in [6, 6.07) is 19.2. The lowest BCUT2D eigenvalue weighted by molar-refractivity contribution is 0.429. The minimum absolute atomic E-state index is 0.164. The summed E-state index contributed by atoms with van der Waals surface area (Å²) in [6.07, 6.45) is 18.9. The van der Waals surface area contributed by atoms with Crippen molar-refractivity contribution in [2.75, 3.05) is 21.3 Å². The Kier molecular flexibility index (Phi) is 15.6. The Morgan fingerprint density at radius 1 is 0.308 bits per heavy atom. The second kappa shape index (κ2) is 19.3. The Morgan fingerprint density at radius 3 is 0.635 bits per heavy atom. The maximum absolute atomic E-state index is 4.12. The number of hydrogen-bond donors (Lipinski definition) is 4. The van der Waals surface area contributed by atoms with Crippen molar-refractivity contribution in [3.63, 3.8) is 0 Å². The molecule has 5 heterocycles. The van der Waals surface area contributed by atoms with Crippen LogP contribution in [0.3, 0.4) is 0 Å². The molecule has 4 N–H and O–H groups in total. The van der Waals surface area contributed by atoms with Gasteiger partial charge in [0.2, 0.25) is 0 Å². The number of H-pyrrole nitrogens is 4. The molecule has 5 rings (SSSR count). The van der Waals surface area contributed by atoms with Crippen LogP contribution in [0, 0.1) is 0 Å². The largest absolute Gasteiger partial charge is 0.361 e. The molecule has 4 aromatic heterocycles. The fraction of sp³-hybridized carbons (Fsp3) is 0.636. The molecule has 52 heavy (non-hydrogen) atoms. The predicted molar refractivity (Wildman–Crippen MR) is 238 cm³/mol. The average molecular weight is 969 g/mol. The first-order chi connectivity index (χ1) is 25.1. The molecule has 4 nitrogen and oxygen atoms in total. The monoisotopic (exact) mass is 964 g/mol. The lowest BCUT2D eigenvalue weighted by Gasteiger charge is -2.33. The van der Waals surface area contributed by atoms with Crippen molar-refractivity contribution in [2.24, 2.45) is 0 Å². The van der Waals surface area contributed by atoms with Crippen LogP contribution in [-0.4, -0.2) is 41.3 Å². The summed E-state index contributed by atoms with van der Waals surface area (Å²) in [5, 5.41) is 4.26. The molecule has 8 heteroatoms. The molecular weight excluding hydrogens is 904 g/mol. The smallest absolute Gasteiger partial charge is 0.0475 e. The normalized spacial score (nSPS) is 24.5. The summed E-state index contributed by atoms with van der Waals surface area (Å²) in [5.74, 6) is 0. The van der Waals surface area contributed by atoms with Crippen LogP contribution in [-0.2, 0) is 21.7 Å². The van der Waals surface area contributed by atoms with Crippen LogP contribution in [0.5, 0.6) is 0 Å². The summed E-state index contributed by atoms with van der Waals surface area (Å²) < 4.78 is 0. The topological polar surface area (TPSA) is 63.2 Å².